The number of oxime groups is 1. The van der Waals surface area contributed by atoms with E-state index in [1.165, 1.54) is 11.3 Å². The molecule has 3 heterocycles. The number of ether oxygens (including phenoxy) is 2. The third kappa shape index (κ3) is 4.22. The summed E-state index contributed by atoms with van der Waals surface area (Å²) in [7, 11) is 3.21. The molecule has 0 saturated heterocycles. The van der Waals surface area contributed by atoms with E-state index in [1.54, 1.807) is 25.1 Å². The summed E-state index contributed by atoms with van der Waals surface area (Å²) in [6, 6.07) is 5.60. The van der Waals surface area contributed by atoms with Crippen LogP contribution < -0.4 is 9.47 Å². The van der Waals surface area contributed by atoms with E-state index in [0.717, 1.165) is 28.8 Å². The fourth-order valence-corrected chi connectivity index (χ4v) is 3.93. The van der Waals surface area contributed by atoms with Gasteiger partial charge in [0.05, 0.1) is 25.3 Å². The van der Waals surface area contributed by atoms with Crippen LogP contribution in [0.5, 0.6) is 11.5 Å². The van der Waals surface area contributed by atoms with Crippen molar-refractivity contribution in [1.29, 1.82) is 0 Å². The minimum absolute atomic E-state index is 0.151. The van der Waals surface area contributed by atoms with Crippen LogP contribution in [0, 0.1) is 19.8 Å². The number of benzene rings is 1. The molecule has 9 nitrogen and oxygen atoms in total. The molecule has 0 fully saturated rings. The van der Waals surface area contributed by atoms with E-state index in [4.69, 9.17) is 19.3 Å². The Morgan fingerprint density at radius 2 is 1.85 bits per heavy atom. The second-order valence-electron chi connectivity index (χ2n) is 8.47. The van der Waals surface area contributed by atoms with Gasteiger partial charge in [-0.15, -0.1) is 5.10 Å². The summed E-state index contributed by atoms with van der Waals surface area (Å²) >= 11 is 0. The Labute approximate surface area is 193 Å². The minimum atomic E-state index is 0.151. The molecule has 0 unspecified atom stereocenters. The second-order valence-corrected chi connectivity index (χ2v) is 8.47. The molecule has 0 aliphatic heterocycles. The molecule has 0 radical (unpaired) electrons. The summed E-state index contributed by atoms with van der Waals surface area (Å²) in [5.41, 5.74) is 5.68. The smallest absolute Gasteiger partial charge is 0.192 e. The van der Waals surface area contributed by atoms with Crippen LogP contribution in [0.3, 0.4) is 0 Å². The van der Waals surface area contributed by atoms with Gasteiger partial charge in [0.25, 0.3) is 0 Å². The lowest BCUT2D eigenvalue weighted by molar-refractivity contribution is 0.125. The zero-order chi connectivity index (χ0) is 23.7. The molecule has 4 rings (SSSR count). The van der Waals surface area contributed by atoms with E-state index < -0.39 is 0 Å². The maximum absolute atomic E-state index is 5.57. The van der Waals surface area contributed by atoms with E-state index >= 15 is 0 Å². The van der Waals surface area contributed by atoms with Crippen LogP contribution >= 0.6 is 0 Å². The lowest BCUT2D eigenvalue weighted by Crippen LogP contribution is -2.07. The molecule has 9 heteroatoms. The summed E-state index contributed by atoms with van der Waals surface area (Å²) in [5.74, 6) is 2.36. The van der Waals surface area contributed by atoms with Crippen LogP contribution in [0.25, 0.3) is 16.7 Å². The third-order valence-corrected chi connectivity index (χ3v) is 5.73. The number of aryl methyl sites for hydroxylation is 1. The summed E-state index contributed by atoms with van der Waals surface area (Å²) in [6.07, 6.45) is 1.71. The van der Waals surface area contributed by atoms with E-state index in [-0.39, 0.29) is 6.61 Å². The first-order valence-electron chi connectivity index (χ1n) is 10.9. The van der Waals surface area contributed by atoms with Crippen molar-refractivity contribution in [1.82, 2.24) is 24.1 Å². The Morgan fingerprint density at radius 1 is 1.09 bits per heavy atom. The lowest BCUT2D eigenvalue weighted by atomic mass is 10.1. The van der Waals surface area contributed by atoms with Gasteiger partial charge in [-0.05, 0) is 50.5 Å². The standard InChI is InChI=1S/C24H30N6O3/c1-14(2)11-29-17(5)15(3)22-23(29)25-13-30-24(22)26-21(27-30)12-33-28-16(4)18-8-9-19(31-6)20(10-18)32-7/h8-10,13-14H,11-12H2,1-7H3/b28-16-. The highest BCUT2D eigenvalue weighted by Gasteiger charge is 2.18. The molecule has 0 aliphatic carbocycles. The van der Waals surface area contributed by atoms with Gasteiger partial charge in [0.2, 0.25) is 0 Å². The molecule has 0 bridgehead atoms. The van der Waals surface area contributed by atoms with Gasteiger partial charge in [-0.25, -0.2) is 14.5 Å². The van der Waals surface area contributed by atoms with Crippen LogP contribution in [0.2, 0.25) is 0 Å². The lowest BCUT2D eigenvalue weighted by Gasteiger charge is -2.10. The van der Waals surface area contributed by atoms with Crippen molar-refractivity contribution < 1.29 is 14.3 Å². The van der Waals surface area contributed by atoms with E-state index in [0.29, 0.717) is 29.0 Å². The van der Waals surface area contributed by atoms with Crippen molar-refractivity contribution in [2.75, 3.05) is 14.2 Å². The first-order chi connectivity index (χ1) is 15.8. The van der Waals surface area contributed by atoms with Gasteiger partial charge in [0, 0.05) is 17.8 Å². The number of fused-ring (bicyclic) bond motifs is 3. The quantitative estimate of drug-likeness (QED) is 0.294. The van der Waals surface area contributed by atoms with Crippen molar-refractivity contribution in [2.45, 2.75) is 47.8 Å². The van der Waals surface area contributed by atoms with Gasteiger partial charge >= 0.3 is 0 Å². The summed E-state index contributed by atoms with van der Waals surface area (Å²) in [5, 5.41) is 9.79. The average Bonchev–Trinajstić information content (AvgIpc) is 3.32. The molecular weight excluding hydrogens is 420 g/mol. The van der Waals surface area contributed by atoms with Crippen LogP contribution in [0.4, 0.5) is 0 Å². The average molecular weight is 451 g/mol. The number of hydrogen-bond acceptors (Lipinski definition) is 7. The third-order valence-electron chi connectivity index (χ3n) is 5.73. The maximum atomic E-state index is 5.57. The molecule has 3 aromatic heterocycles. The van der Waals surface area contributed by atoms with E-state index in [2.05, 4.69) is 47.5 Å². The number of methoxy groups -OCH3 is 2. The Morgan fingerprint density at radius 3 is 2.55 bits per heavy atom. The van der Waals surface area contributed by atoms with Gasteiger partial charge < -0.3 is 18.9 Å². The van der Waals surface area contributed by atoms with Gasteiger partial charge in [-0.3, -0.25) is 0 Å². The number of aromatic nitrogens is 5. The van der Waals surface area contributed by atoms with E-state index in [1.807, 2.05) is 25.1 Å². The highest BCUT2D eigenvalue weighted by atomic mass is 16.6. The predicted octanol–water partition coefficient (Wildman–Crippen LogP) is 4.31. The Kier molecular flexibility index (Phi) is 6.22. The molecule has 0 N–H and O–H groups in total. The van der Waals surface area contributed by atoms with Crippen molar-refractivity contribution in [3.8, 4) is 11.5 Å². The SMILES string of the molecule is COc1ccc(/C(C)=N\OCc2nc3c4c(C)c(C)n(CC(C)C)c4ncn3n2)cc1OC. The second kappa shape index (κ2) is 9.09. The number of hydrogen-bond donors (Lipinski definition) is 0. The van der Waals surface area contributed by atoms with Gasteiger partial charge in [0.1, 0.15) is 12.0 Å². The Bertz CT molecular complexity index is 1340. The van der Waals surface area contributed by atoms with Crippen molar-refractivity contribution in [3.05, 3.63) is 47.2 Å². The Balaban J connectivity index is 1.58. The predicted molar refractivity (Wildman–Crippen MR) is 127 cm³/mol. The van der Waals surface area contributed by atoms with Crippen molar-refractivity contribution >= 4 is 22.4 Å². The van der Waals surface area contributed by atoms with Crippen molar-refractivity contribution in [2.24, 2.45) is 11.1 Å². The van der Waals surface area contributed by atoms with Crippen LogP contribution in [0.1, 0.15) is 43.4 Å². The van der Waals surface area contributed by atoms with Crippen LogP contribution in [-0.4, -0.2) is 44.1 Å². The fraction of sp³-hybridized carbons (Fsp3) is 0.417. The summed E-state index contributed by atoms with van der Waals surface area (Å²) < 4.78 is 14.6. The minimum Gasteiger partial charge on any atom is -0.493 e. The summed E-state index contributed by atoms with van der Waals surface area (Å²) in [4.78, 5) is 15.0. The molecule has 0 spiro atoms. The van der Waals surface area contributed by atoms with Gasteiger partial charge in [-0.2, -0.15) is 0 Å². The molecule has 0 aliphatic rings. The molecule has 0 atom stereocenters. The van der Waals surface area contributed by atoms with Crippen LogP contribution in [-0.2, 0) is 18.0 Å². The molecule has 0 saturated carbocycles. The number of rotatable bonds is 8. The first kappa shape index (κ1) is 22.6. The topological polar surface area (TPSA) is 88.1 Å². The molecule has 4 aromatic rings. The van der Waals surface area contributed by atoms with Gasteiger partial charge in [0.15, 0.2) is 29.6 Å². The zero-order valence-electron chi connectivity index (χ0n) is 20.2. The normalized spacial score (nSPS) is 12.2. The highest BCUT2D eigenvalue weighted by Crippen LogP contribution is 2.29. The molecule has 174 valence electrons. The fourth-order valence-electron chi connectivity index (χ4n) is 3.93. The Hall–Kier alpha value is -3.62. The molecule has 33 heavy (non-hydrogen) atoms. The maximum Gasteiger partial charge on any atom is 0.192 e. The molecule has 0 amide bonds. The zero-order valence-corrected chi connectivity index (χ0v) is 20.2. The molecular formula is C24H30N6O3. The van der Waals surface area contributed by atoms with Crippen molar-refractivity contribution in [3.63, 3.8) is 0 Å². The molecule has 1 aromatic carbocycles. The summed E-state index contributed by atoms with van der Waals surface area (Å²) in [6.45, 7) is 11.6. The van der Waals surface area contributed by atoms with Gasteiger partial charge in [-0.1, -0.05) is 19.0 Å². The van der Waals surface area contributed by atoms with Crippen LogP contribution in [0.15, 0.2) is 29.7 Å². The number of nitrogens with zero attached hydrogens (tertiary/aromatic N) is 6. The first-order valence-corrected chi connectivity index (χ1v) is 10.9. The highest BCUT2D eigenvalue weighted by molar-refractivity contribution is 5.99. The largest absolute Gasteiger partial charge is 0.493 e. The monoisotopic (exact) mass is 450 g/mol. The van der Waals surface area contributed by atoms with E-state index in [9.17, 15) is 0 Å².